The van der Waals surface area contributed by atoms with E-state index < -0.39 is 0 Å². The molecule has 0 aliphatic heterocycles. The van der Waals surface area contributed by atoms with E-state index in [-0.39, 0.29) is 22.7 Å². The van der Waals surface area contributed by atoms with E-state index in [1.165, 1.54) is 17.2 Å². The summed E-state index contributed by atoms with van der Waals surface area (Å²) in [4.78, 5) is 24.0. The quantitative estimate of drug-likeness (QED) is 0.938. The van der Waals surface area contributed by atoms with Gasteiger partial charge >= 0.3 is 5.69 Å². The lowest BCUT2D eigenvalue weighted by Gasteiger charge is -2.32. The smallest absolute Gasteiger partial charge is 0.305 e. The molecule has 0 spiro atoms. The highest BCUT2D eigenvalue weighted by Gasteiger charge is 2.26. The SMILES string of the molecule is Cn1cc(CNC(c2ccccc2)C(C)(C)C)c(=O)n(C)c1=O. The summed E-state index contributed by atoms with van der Waals surface area (Å²) in [5, 5.41) is 3.48. The summed E-state index contributed by atoms with van der Waals surface area (Å²) in [6.07, 6.45) is 1.61. The lowest BCUT2D eigenvalue weighted by Crippen LogP contribution is -2.40. The van der Waals surface area contributed by atoms with Gasteiger partial charge in [-0.1, -0.05) is 51.1 Å². The van der Waals surface area contributed by atoms with Gasteiger partial charge in [-0.2, -0.15) is 0 Å². The number of nitrogens with one attached hydrogen (secondary N) is 1. The van der Waals surface area contributed by atoms with Crippen LogP contribution in [0.15, 0.2) is 46.1 Å². The van der Waals surface area contributed by atoms with Gasteiger partial charge in [-0.25, -0.2) is 4.79 Å². The van der Waals surface area contributed by atoms with Gasteiger partial charge in [-0.3, -0.25) is 9.36 Å². The molecule has 5 nitrogen and oxygen atoms in total. The van der Waals surface area contributed by atoms with Gasteiger partial charge in [0.25, 0.3) is 5.56 Å². The van der Waals surface area contributed by atoms with Crippen LogP contribution in [0.5, 0.6) is 0 Å². The topological polar surface area (TPSA) is 56.0 Å². The van der Waals surface area contributed by atoms with Crippen molar-refractivity contribution in [2.75, 3.05) is 0 Å². The molecule has 0 fully saturated rings. The molecule has 2 rings (SSSR count). The van der Waals surface area contributed by atoms with E-state index in [1.54, 1.807) is 13.2 Å². The highest BCUT2D eigenvalue weighted by atomic mass is 16.2. The van der Waals surface area contributed by atoms with Crippen LogP contribution < -0.4 is 16.6 Å². The first-order valence-corrected chi connectivity index (χ1v) is 7.75. The maximum Gasteiger partial charge on any atom is 0.330 e. The molecule has 1 heterocycles. The van der Waals surface area contributed by atoms with E-state index in [1.807, 2.05) is 18.2 Å². The largest absolute Gasteiger partial charge is 0.330 e. The molecule has 0 amide bonds. The summed E-state index contributed by atoms with van der Waals surface area (Å²) in [5.74, 6) is 0. The molecule has 0 aliphatic carbocycles. The molecule has 0 saturated carbocycles. The van der Waals surface area contributed by atoms with Crippen molar-refractivity contribution in [2.24, 2.45) is 19.5 Å². The van der Waals surface area contributed by atoms with Crippen LogP contribution in [-0.2, 0) is 20.6 Å². The van der Waals surface area contributed by atoms with Gasteiger partial charge in [-0.15, -0.1) is 0 Å². The molecule has 2 aromatic rings. The van der Waals surface area contributed by atoms with Crippen LogP contribution in [0.1, 0.15) is 37.9 Å². The van der Waals surface area contributed by atoms with Crippen LogP contribution in [-0.4, -0.2) is 9.13 Å². The average molecular weight is 315 g/mol. The summed E-state index contributed by atoms with van der Waals surface area (Å²) in [7, 11) is 3.16. The summed E-state index contributed by atoms with van der Waals surface area (Å²) in [6, 6.07) is 10.3. The van der Waals surface area contributed by atoms with E-state index in [4.69, 9.17) is 0 Å². The summed E-state index contributed by atoms with van der Waals surface area (Å²) < 4.78 is 2.58. The molecule has 5 heteroatoms. The molecule has 23 heavy (non-hydrogen) atoms. The molecule has 124 valence electrons. The number of nitrogens with zero attached hydrogens (tertiary/aromatic N) is 2. The Labute approximate surface area is 136 Å². The molecule has 0 radical (unpaired) electrons. The Balaban J connectivity index is 2.31. The molecule has 0 saturated heterocycles. The predicted molar refractivity (Wildman–Crippen MR) is 92.4 cm³/mol. The highest BCUT2D eigenvalue weighted by Crippen LogP contribution is 2.32. The lowest BCUT2D eigenvalue weighted by atomic mass is 9.82. The van der Waals surface area contributed by atoms with Crippen molar-refractivity contribution in [2.45, 2.75) is 33.4 Å². The predicted octanol–water partition coefficient (Wildman–Crippen LogP) is 1.96. The first-order valence-electron chi connectivity index (χ1n) is 7.75. The highest BCUT2D eigenvalue weighted by molar-refractivity contribution is 5.21. The van der Waals surface area contributed by atoms with E-state index >= 15 is 0 Å². The van der Waals surface area contributed by atoms with Crippen LogP contribution in [0.2, 0.25) is 0 Å². The number of hydrogen-bond acceptors (Lipinski definition) is 3. The maximum atomic E-state index is 12.3. The third kappa shape index (κ3) is 3.79. The van der Waals surface area contributed by atoms with Crippen LogP contribution in [0, 0.1) is 5.41 Å². The molecule has 1 aromatic heterocycles. The van der Waals surface area contributed by atoms with Gasteiger partial charge in [0.05, 0.1) is 0 Å². The van der Waals surface area contributed by atoms with E-state index in [0.717, 1.165) is 4.57 Å². The maximum absolute atomic E-state index is 12.3. The van der Waals surface area contributed by atoms with Crippen molar-refractivity contribution in [3.05, 3.63) is 68.5 Å². The zero-order valence-corrected chi connectivity index (χ0v) is 14.5. The first kappa shape index (κ1) is 17.2. The van der Waals surface area contributed by atoms with Crippen LogP contribution in [0.3, 0.4) is 0 Å². The zero-order chi connectivity index (χ0) is 17.2. The van der Waals surface area contributed by atoms with E-state index in [2.05, 4.69) is 38.2 Å². The van der Waals surface area contributed by atoms with Crippen LogP contribution in [0.4, 0.5) is 0 Å². The van der Waals surface area contributed by atoms with Gasteiger partial charge < -0.3 is 9.88 Å². The molecule has 0 bridgehead atoms. The minimum Gasteiger partial charge on any atom is -0.305 e. The second-order valence-corrected chi connectivity index (χ2v) is 7.00. The Kier molecular flexibility index (Phi) is 4.90. The Morgan fingerprint density at radius 2 is 1.70 bits per heavy atom. The fraction of sp³-hybridized carbons (Fsp3) is 0.444. The van der Waals surface area contributed by atoms with Gasteiger partial charge in [0.2, 0.25) is 0 Å². The van der Waals surface area contributed by atoms with Crippen molar-refractivity contribution in [1.29, 1.82) is 0 Å². The van der Waals surface area contributed by atoms with Crippen molar-refractivity contribution < 1.29 is 0 Å². The minimum absolute atomic E-state index is 0.00670. The van der Waals surface area contributed by atoms with E-state index in [9.17, 15) is 9.59 Å². The van der Waals surface area contributed by atoms with Gasteiger partial charge in [0, 0.05) is 38.4 Å². The Hall–Kier alpha value is -2.14. The molecule has 1 aromatic carbocycles. The standard InChI is InChI=1S/C18H25N3O2/c1-18(2,3)15(13-9-7-6-8-10-13)19-11-14-12-20(4)17(23)21(5)16(14)22/h6-10,12,15,19H,11H2,1-5H3. The Bertz CT molecular complexity index is 783. The number of hydrogen-bond donors (Lipinski definition) is 1. The molecular weight excluding hydrogens is 290 g/mol. The fourth-order valence-electron chi connectivity index (χ4n) is 2.79. The summed E-state index contributed by atoms with van der Waals surface area (Å²) in [6.45, 7) is 6.90. The molecular formula is C18H25N3O2. The van der Waals surface area contributed by atoms with Gasteiger partial charge in [0.15, 0.2) is 0 Å². The van der Waals surface area contributed by atoms with Crippen molar-refractivity contribution >= 4 is 0 Å². The molecule has 1 unspecified atom stereocenters. The third-order valence-corrected chi connectivity index (χ3v) is 4.01. The molecule has 1 atom stereocenters. The number of benzene rings is 1. The van der Waals surface area contributed by atoms with Crippen molar-refractivity contribution in [3.8, 4) is 0 Å². The average Bonchev–Trinajstić information content (AvgIpc) is 2.50. The molecule has 0 aliphatic rings. The number of rotatable bonds is 4. The van der Waals surface area contributed by atoms with Crippen LogP contribution in [0.25, 0.3) is 0 Å². The Morgan fingerprint density at radius 1 is 1.09 bits per heavy atom. The normalized spacial score (nSPS) is 13.1. The number of aromatic nitrogens is 2. The zero-order valence-electron chi connectivity index (χ0n) is 14.5. The van der Waals surface area contributed by atoms with Crippen molar-refractivity contribution in [1.82, 2.24) is 14.5 Å². The monoisotopic (exact) mass is 315 g/mol. The third-order valence-electron chi connectivity index (χ3n) is 4.01. The van der Waals surface area contributed by atoms with E-state index in [0.29, 0.717) is 12.1 Å². The first-order chi connectivity index (χ1) is 10.7. The summed E-state index contributed by atoms with van der Waals surface area (Å²) in [5.41, 5.74) is 1.20. The Morgan fingerprint density at radius 3 is 2.26 bits per heavy atom. The van der Waals surface area contributed by atoms with Gasteiger partial charge in [-0.05, 0) is 11.0 Å². The fourth-order valence-corrected chi connectivity index (χ4v) is 2.79. The van der Waals surface area contributed by atoms with Crippen molar-refractivity contribution in [3.63, 3.8) is 0 Å². The van der Waals surface area contributed by atoms with Gasteiger partial charge in [0.1, 0.15) is 0 Å². The molecule has 1 N–H and O–H groups in total. The minimum atomic E-state index is -0.311. The lowest BCUT2D eigenvalue weighted by molar-refractivity contribution is 0.270. The second-order valence-electron chi connectivity index (χ2n) is 7.00. The van der Waals surface area contributed by atoms with Crippen LogP contribution >= 0.6 is 0 Å². The second kappa shape index (κ2) is 6.54. The number of aryl methyl sites for hydroxylation is 1. The summed E-state index contributed by atoms with van der Waals surface area (Å²) >= 11 is 0.